The van der Waals surface area contributed by atoms with Crippen LogP contribution in [0.4, 0.5) is 4.79 Å². The summed E-state index contributed by atoms with van der Waals surface area (Å²) in [7, 11) is -3.98. The van der Waals surface area contributed by atoms with Crippen molar-refractivity contribution in [2.75, 3.05) is 6.54 Å². The maximum Gasteiger partial charge on any atom is 0.408 e. The zero-order valence-corrected chi connectivity index (χ0v) is 33.5. The molecule has 15 heteroatoms. The average molecular weight is 803 g/mol. The zero-order valence-electron chi connectivity index (χ0n) is 32.7. The molecule has 3 bridgehead atoms. The van der Waals surface area contributed by atoms with Crippen LogP contribution in [0, 0.1) is 17.3 Å². The second kappa shape index (κ2) is 14.5. The van der Waals surface area contributed by atoms with Crippen molar-refractivity contribution in [3.05, 3.63) is 42.1 Å². The number of aryl methyl sites for hydroxylation is 1. The van der Waals surface area contributed by atoms with E-state index in [1.165, 1.54) is 4.90 Å². The Morgan fingerprint density at radius 2 is 1.72 bits per heavy atom. The number of fused-ring (bicyclic) bond motifs is 5. The quantitative estimate of drug-likeness (QED) is 0.366. The van der Waals surface area contributed by atoms with Crippen LogP contribution < -0.4 is 20.1 Å². The normalized spacial score (nSPS) is 35.8. The topological polar surface area (TPSA) is 186 Å². The Hall–Kier alpha value is -4.27. The van der Waals surface area contributed by atoms with E-state index < -0.39 is 68.2 Å². The first-order chi connectivity index (χ1) is 27.4. The summed E-state index contributed by atoms with van der Waals surface area (Å²) in [6.45, 7) is 1.64. The number of alkyl carbamates (subject to hydrolysis) is 1. The zero-order chi connectivity index (χ0) is 39.6. The molecule has 4 heterocycles. The monoisotopic (exact) mass is 802 g/mol. The van der Waals surface area contributed by atoms with E-state index in [-0.39, 0.29) is 30.9 Å². The molecule has 57 heavy (non-hydrogen) atoms. The number of ether oxygens (including phenoxy) is 2. The van der Waals surface area contributed by atoms with Crippen LogP contribution in [0.1, 0.15) is 115 Å². The summed E-state index contributed by atoms with van der Waals surface area (Å²) in [6, 6.07) is 5.59. The molecule has 2 aromatic rings. The van der Waals surface area contributed by atoms with Gasteiger partial charge in [0, 0.05) is 17.8 Å². The lowest BCUT2D eigenvalue weighted by molar-refractivity contribution is -0.141. The lowest BCUT2D eigenvalue weighted by Crippen LogP contribution is -2.58. The van der Waals surface area contributed by atoms with Crippen molar-refractivity contribution >= 4 is 44.9 Å². The molecule has 3 N–H and O–H groups in total. The van der Waals surface area contributed by atoms with Crippen LogP contribution in [0.5, 0.6) is 5.88 Å². The number of aromatic nitrogens is 2. The maximum atomic E-state index is 14.8. The third kappa shape index (κ3) is 7.26. The van der Waals surface area contributed by atoms with Crippen LogP contribution in [-0.4, -0.2) is 88.2 Å². The predicted octanol–water partition coefficient (Wildman–Crippen LogP) is 4.75. The Morgan fingerprint density at radius 1 is 0.930 bits per heavy atom. The predicted molar refractivity (Wildman–Crippen MR) is 209 cm³/mol. The van der Waals surface area contributed by atoms with Gasteiger partial charge in [0.2, 0.25) is 27.7 Å². The van der Waals surface area contributed by atoms with Crippen molar-refractivity contribution in [1.29, 1.82) is 0 Å². The van der Waals surface area contributed by atoms with Gasteiger partial charge in [-0.05, 0) is 108 Å². The standard InChI is InChI=1S/C42H54N6O8S/c1-40(20-21-40)57(53,54)47-38(51)42-24-27(42)13-5-3-2-4-6-17-32-37(50)48-25-28(22-33(48)35(49)46-42)55-36-31(43-29-14-9-10-15-30(29)44-36)16-8-7-12-26-23-41(26)19-11-18-34(41)56-39(52)45-32/h5,9-10,13-15,26-28,32-34H,2-4,6-8,11-12,16-25H2,1H3,(H,45,52)(H,46,49)(H,47,51)/b13-5-/t26?,27-,28-,32+,33+,34-,41?,42-/m1/s1. The Bertz CT molecular complexity index is 2110. The van der Waals surface area contributed by atoms with Crippen LogP contribution in [0.15, 0.2) is 36.4 Å². The first-order valence-corrected chi connectivity index (χ1v) is 22.6. The van der Waals surface area contributed by atoms with Crippen molar-refractivity contribution in [1.82, 2.24) is 30.2 Å². The molecule has 14 nitrogen and oxygen atoms in total. The lowest BCUT2D eigenvalue weighted by atomic mass is 9.96. The smallest absolute Gasteiger partial charge is 0.408 e. The highest BCUT2D eigenvalue weighted by molar-refractivity contribution is 7.91. The minimum absolute atomic E-state index is 0.0108. The fourth-order valence-corrected chi connectivity index (χ4v) is 11.4. The number of hydrogen-bond acceptors (Lipinski definition) is 10. The van der Waals surface area contributed by atoms with E-state index in [0.29, 0.717) is 55.8 Å². The molecule has 4 aliphatic carbocycles. The fraction of sp³-hybridized carbons (Fsp3) is 0.667. The summed E-state index contributed by atoms with van der Waals surface area (Å²) in [5.41, 5.74) is 0.647. The molecule has 3 aliphatic heterocycles. The van der Waals surface area contributed by atoms with Gasteiger partial charge in [0.1, 0.15) is 35.5 Å². The van der Waals surface area contributed by atoms with Crippen molar-refractivity contribution < 1.29 is 37.1 Å². The highest BCUT2D eigenvalue weighted by atomic mass is 32.2. The molecule has 2 unspecified atom stereocenters. The van der Waals surface area contributed by atoms with Crippen molar-refractivity contribution in [2.24, 2.45) is 17.3 Å². The Balaban J connectivity index is 1.05. The molecular formula is C42H54N6O8S. The number of sulfonamides is 1. The van der Waals surface area contributed by atoms with Gasteiger partial charge in [0.15, 0.2) is 0 Å². The Labute approximate surface area is 333 Å². The molecule has 1 saturated heterocycles. The van der Waals surface area contributed by atoms with Gasteiger partial charge in [0.05, 0.1) is 22.3 Å². The number of benzene rings is 1. The van der Waals surface area contributed by atoms with E-state index in [1.54, 1.807) is 6.92 Å². The number of carbonyl (C=O) groups excluding carboxylic acids is 4. The molecule has 306 valence electrons. The highest BCUT2D eigenvalue weighted by Gasteiger charge is 2.64. The van der Waals surface area contributed by atoms with E-state index in [2.05, 4.69) is 15.4 Å². The van der Waals surface area contributed by atoms with Gasteiger partial charge in [-0.25, -0.2) is 23.2 Å². The Morgan fingerprint density at radius 3 is 2.53 bits per heavy atom. The van der Waals surface area contributed by atoms with E-state index in [1.807, 2.05) is 36.4 Å². The summed E-state index contributed by atoms with van der Waals surface area (Å²) in [6.07, 6.45) is 14.3. The average Bonchev–Trinajstić information content (AvgIpc) is 4.12. The SMILES string of the molecule is CC1(S(=O)(=O)NC(=O)[C@@]23C[C@H]2/C=C\CCCCC[C@@H]2NC(=O)O[C@@H]4CCCC45CC5CCCCc4nc5ccccc5nc4O[C@@H]4C[C@@H](C(=O)N3)N(C4)C2=O)CC1. The molecule has 9 rings (SSSR count). The fourth-order valence-electron chi connectivity index (χ4n) is 10.1. The van der Waals surface area contributed by atoms with Gasteiger partial charge in [-0.2, -0.15) is 0 Å². The van der Waals surface area contributed by atoms with E-state index >= 15 is 0 Å². The molecule has 1 aromatic carbocycles. The molecule has 4 amide bonds. The van der Waals surface area contributed by atoms with Gasteiger partial charge in [0.25, 0.3) is 5.91 Å². The van der Waals surface area contributed by atoms with Gasteiger partial charge in [-0.1, -0.05) is 43.5 Å². The molecule has 1 spiro atoms. The minimum Gasteiger partial charge on any atom is -0.471 e. The highest BCUT2D eigenvalue weighted by Crippen LogP contribution is 2.65. The van der Waals surface area contributed by atoms with Gasteiger partial charge in [-0.15, -0.1) is 0 Å². The molecular weight excluding hydrogens is 749 g/mol. The van der Waals surface area contributed by atoms with Crippen molar-refractivity contribution in [2.45, 2.75) is 151 Å². The molecule has 4 saturated carbocycles. The summed E-state index contributed by atoms with van der Waals surface area (Å²) in [5.74, 6) is -1.36. The van der Waals surface area contributed by atoms with E-state index in [4.69, 9.17) is 19.4 Å². The summed E-state index contributed by atoms with van der Waals surface area (Å²) < 4.78 is 40.5. The van der Waals surface area contributed by atoms with Gasteiger partial charge >= 0.3 is 6.09 Å². The molecule has 8 atom stereocenters. The summed E-state index contributed by atoms with van der Waals surface area (Å²) in [5, 5.41) is 5.87. The molecule has 0 radical (unpaired) electrons. The number of nitrogens with one attached hydrogen (secondary N) is 3. The van der Waals surface area contributed by atoms with Crippen LogP contribution in [0.2, 0.25) is 0 Å². The largest absolute Gasteiger partial charge is 0.471 e. The molecule has 1 aromatic heterocycles. The van der Waals surface area contributed by atoms with Gasteiger partial charge in [-0.3, -0.25) is 19.1 Å². The minimum atomic E-state index is -3.98. The molecule has 5 fully saturated rings. The van der Waals surface area contributed by atoms with Crippen LogP contribution in [-0.2, 0) is 35.6 Å². The first-order valence-electron chi connectivity index (χ1n) is 21.2. The second-order valence-corrected chi connectivity index (χ2v) is 20.2. The summed E-state index contributed by atoms with van der Waals surface area (Å²) in [4.78, 5) is 68.3. The number of para-hydroxylation sites is 2. The van der Waals surface area contributed by atoms with E-state index in [9.17, 15) is 27.6 Å². The molecule has 7 aliphatic rings. The van der Waals surface area contributed by atoms with Crippen molar-refractivity contribution in [3.8, 4) is 5.88 Å². The van der Waals surface area contributed by atoms with Crippen molar-refractivity contribution in [3.63, 3.8) is 0 Å². The number of hydrogen-bond donors (Lipinski definition) is 3. The maximum absolute atomic E-state index is 14.8. The second-order valence-electron chi connectivity index (χ2n) is 18.0. The van der Waals surface area contributed by atoms with Gasteiger partial charge < -0.3 is 25.0 Å². The Kier molecular flexibility index (Phi) is 9.75. The van der Waals surface area contributed by atoms with Crippen LogP contribution in [0.25, 0.3) is 11.0 Å². The number of allylic oxidation sites excluding steroid dienone is 1. The lowest BCUT2D eigenvalue weighted by Gasteiger charge is -2.30. The van der Waals surface area contributed by atoms with Crippen LogP contribution in [0.3, 0.4) is 0 Å². The number of rotatable bonds is 3. The van der Waals surface area contributed by atoms with Crippen LogP contribution >= 0.6 is 0 Å². The number of nitrogens with zero attached hydrogens (tertiary/aromatic N) is 3. The first kappa shape index (κ1) is 38.3. The van der Waals surface area contributed by atoms with E-state index in [0.717, 1.165) is 69.0 Å². The number of carbonyl (C=O) groups is 4. The summed E-state index contributed by atoms with van der Waals surface area (Å²) >= 11 is 0. The third-order valence-electron chi connectivity index (χ3n) is 14.1. The number of amides is 4. The third-order valence-corrected chi connectivity index (χ3v) is 16.3.